The molecule has 31 heavy (non-hydrogen) atoms. The van der Waals surface area contributed by atoms with Crippen molar-refractivity contribution in [3.63, 3.8) is 0 Å². The number of amides is 1. The van der Waals surface area contributed by atoms with Crippen molar-refractivity contribution < 1.29 is 9.53 Å². The first-order valence-electron chi connectivity index (χ1n) is 11.5. The van der Waals surface area contributed by atoms with Gasteiger partial charge in [-0.3, -0.25) is 9.69 Å². The Bertz CT molecular complexity index is 844. The zero-order chi connectivity index (χ0) is 21.5. The molecule has 1 amide bonds. The second-order valence-electron chi connectivity index (χ2n) is 8.33. The lowest BCUT2D eigenvalue weighted by molar-refractivity contribution is 0.0725. The topological polar surface area (TPSA) is 48.1 Å². The van der Waals surface area contributed by atoms with Crippen molar-refractivity contribution >= 4 is 17.3 Å². The average Bonchev–Trinajstić information content (AvgIpc) is 2.85. The van der Waals surface area contributed by atoms with Crippen molar-refractivity contribution in [2.24, 2.45) is 0 Å². The van der Waals surface area contributed by atoms with Gasteiger partial charge < -0.3 is 19.9 Å². The van der Waals surface area contributed by atoms with Crippen LogP contribution in [0.4, 0.5) is 11.4 Å². The minimum absolute atomic E-state index is 0.109. The van der Waals surface area contributed by atoms with E-state index in [-0.39, 0.29) is 5.91 Å². The van der Waals surface area contributed by atoms with Gasteiger partial charge in [-0.05, 0) is 43.5 Å². The van der Waals surface area contributed by atoms with Crippen LogP contribution in [0.2, 0.25) is 0 Å². The highest BCUT2D eigenvalue weighted by Gasteiger charge is 2.23. The minimum Gasteiger partial charge on any atom is -0.495 e. The van der Waals surface area contributed by atoms with E-state index in [9.17, 15) is 4.79 Å². The van der Waals surface area contributed by atoms with Crippen LogP contribution in [-0.4, -0.2) is 75.2 Å². The van der Waals surface area contributed by atoms with Gasteiger partial charge in [0.1, 0.15) is 5.75 Å². The molecule has 2 saturated heterocycles. The lowest BCUT2D eigenvalue weighted by Crippen LogP contribution is -2.47. The van der Waals surface area contributed by atoms with E-state index in [0.29, 0.717) is 0 Å². The van der Waals surface area contributed by atoms with Gasteiger partial charge in [-0.25, -0.2) is 0 Å². The van der Waals surface area contributed by atoms with Crippen molar-refractivity contribution in [2.45, 2.75) is 19.3 Å². The lowest BCUT2D eigenvalue weighted by Gasteiger charge is -2.36. The van der Waals surface area contributed by atoms with E-state index in [0.717, 1.165) is 82.2 Å². The number of nitrogens with one attached hydrogen (secondary N) is 1. The van der Waals surface area contributed by atoms with Gasteiger partial charge in [0.15, 0.2) is 0 Å². The highest BCUT2D eigenvalue weighted by Crippen LogP contribution is 2.30. The van der Waals surface area contributed by atoms with E-state index in [4.69, 9.17) is 4.74 Å². The maximum absolute atomic E-state index is 13.1. The third-order valence-electron chi connectivity index (χ3n) is 6.34. The smallest absolute Gasteiger partial charge is 0.256 e. The molecular formula is C25H34N4O2. The average molecular weight is 423 g/mol. The largest absolute Gasteiger partial charge is 0.495 e. The van der Waals surface area contributed by atoms with Crippen molar-refractivity contribution in [3.8, 4) is 5.75 Å². The fraction of sp³-hybridized carbons (Fsp3) is 0.480. The van der Waals surface area contributed by atoms with E-state index in [2.05, 4.69) is 45.4 Å². The Morgan fingerprint density at radius 2 is 1.65 bits per heavy atom. The standard InChI is InChI=1S/C25H34N4O2/c1-31-23-12-8-11-22(25(30)29-14-6-3-7-15-29)24(23)26-13-16-27-17-19-28(20-18-27)21-9-4-2-5-10-21/h2,4-5,8-12,26H,3,6-7,13-20H2,1H3. The van der Waals surface area contributed by atoms with E-state index < -0.39 is 0 Å². The molecule has 0 spiro atoms. The number of hydrogen-bond donors (Lipinski definition) is 1. The Kier molecular flexibility index (Phi) is 7.30. The van der Waals surface area contributed by atoms with Crippen molar-refractivity contribution in [2.75, 3.05) is 69.7 Å². The number of ether oxygens (including phenoxy) is 1. The van der Waals surface area contributed by atoms with Crippen LogP contribution in [0.1, 0.15) is 29.6 Å². The monoisotopic (exact) mass is 422 g/mol. The highest BCUT2D eigenvalue weighted by atomic mass is 16.5. The van der Waals surface area contributed by atoms with Crippen LogP contribution in [-0.2, 0) is 0 Å². The zero-order valence-corrected chi connectivity index (χ0v) is 18.6. The van der Waals surface area contributed by atoms with Gasteiger partial charge in [-0.15, -0.1) is 0 Å². The maximum atomic E-state index is 13.1. The van der Waals surface area contributed by atoms with E-state index in [1.165, 1.54) is 12.1 Å². The van der Waals surface area contributed by atoms with E-state index >= 15 is 0 Å². The molecule has 6 nitrogen and oxygen atoms in total. The molecule has 2 aromatic rings. The third-order valence-corrected chi connectivity index (χ3v) is 6.34. The molecule has 0 aromatic heterocycles. The Morgan fingerprint density at radius 3 is 2.35 bits per heavy atom. The molecule has 6 heteroatoms. The second-order valence-corrected chi connectivity index (χ2v) is 8.33. The number of piperidine rings is 1. The minimum atomic E-state index is 0.109. The quantitative estimate of drug-likeness (QED) is 0.739. The molecule has 2 fully saturated rings. The fourth-order valence-electron chi connectivity index (χ4n) is 4.54. The summed E-state index contributed by atoms with van der Waals surface area (Å²) < 4.78 is 5.58. The zero-order valence-electron chi connectivity index (χ0n) is 18.6. The molecule has 4 rings (SSSR count). The van der Waals surface area contributed by atoms with Gasteiger partial charge in [-0.2, -0.15) is 0 Å². The van der Waals surface area contributed by atoms with Crippen LogP contribution >= 0.6 is 0 Å². The molecule has 0 saturated carbocycles. The van der Waals surface area contributed by atoms with Crippen LogP contribution in [0.5, 0.6) is 5.75 Å². The number of methoxy groups -OCH3 is 1. The Hall–Kier alpha value is -2.73. The SMILES string of the molecule is COc1cccc(C(=O)N2CCCCC2)c1NCCN1CCN(c2ccccc2)CC1. The molecule has 1 N–H and O–H groups in total. The molecular weight excluding hydrogens is 388 g/mol. The van der Waals surface area contributed by atoms with Gasteiger partial charge in [-0.1, -0.05) is 24.3 Å². The normalized spacial score (nSPS) is 17.5. The summed E-state index contributed by atoms with van der Waals surface area (Å²) in [5, 5.41) is 3.52. The summed E-state index contributed by atoms with van der Waals surface area (Å²) in [5.41, 5.74) is 2.84. The second kappa shape index (κ2) is 10.5. The molecule has 2 aliphatic rings. The van der Waals surface area contributed by atoms with Gasteiger partial charge in [0.25, 0.3) is 5.91 Å². The number of nitrogens with zero attached hydrogens (tertiary/aromatic N) is 3. The maximum Gasteiger partial charge on any atom is 0.256 e. The molecule has 0 bridgehead atoms. The number of anilines is 2. The number of para-hydroxylation sites is 2. The fourth-order valence-corrected chi connectivity index (χ4v) is 4.54. The summed E-state index contributed by atoms with van der Waals surface area (Å²) >= 11 is 0. The third kappa shape index (κ3) is 5.31. The number of rotatable bonds is 7. The predicted molar refractivity (Wildman–Crippen MR) is 126 cm³/mol. The van der Waals surface area contributed by atoms with Crippen molar-refractivity contribution in [3.05, 3.63) is 54.1 Å². The number of likely N-dealkylation sites (tertiary alicyclic amines) is 1. The molecule has 2 heterocycles. The van der Waals surface area contributed by atoms with Crippen LogP contribution in [0.25, 0.3) is 0 Å². The molecule has 2 aliphatic heterocycles. The first-order chi connectivity index (χ1) is 15.3. The summed E-state index contributed by atoms with van der Waals surface area (Å²) in [4.78, 5) is 20.0. The molecule has 0 unspecified atom stereocenters. The predicted octanol–water partition coefficient (Wildman–Crippen LogP) is 3.56. The number of carbonyl (C=O) groups excluding carboxylic acids is 1. The van der Waals surface area contributed by atoms with Crippen LogP contribution < -0.4 is 15.0 Å². The van der Waals surface area contributed by atoms with Gasteiger partial charge >= 0.3 is 0 Å². The summed E-state index contributed by atoms with van der Waals surface area (Å²) in [6.45, 7) is 7.59. The Labute approximate surface area is 185 Å². The highest BCUT2D eigenvalue weighted by molar-refractivity contribution is 6.01. The summed E-state index contributed by atoms with van der Waals surface area (Å²) in [7, 11) is 1.67. The van der Waals surface area contributed by atoms with Crippen LogP contribution in [0, 0.1) is 0 Å². The van der Waals surface area contributed by atoms with Gasteiger partial charge in [0.2, 0.25) is 0 Å². The van der Waals surface area contributed by atoms with E-state index in [1.807, 2.05) is 23.1 Å². The molecule has 0 atom stereocenters. The first-order valence-corrected chi connectivity index (χ1v) is 11.5. The molecule has 0 radical (unpaired) electrons. The van der Waals surface area contributed by atoms with Crippen LogP contribution in [0.3, 0.4) is 0 Å². The lowest BCUT2D eigenvalue weighted by atomic mass is 10.1. The Morgan fingerprint density at radius 1 is 0.903 bits per heavy atom. The van der Waals surface area contributed by atoms with Gasteiger partial charge in [0.05, 0.1) is 18.4 Å². The number of hydrogen-bond acceptors (Lipinski definition) is 5. The molecule has 0 aliphatic carbocycles. The summed E-state index contributed by atoms with van der Waals surface area (Å²) in [6, 6.07) is 16.4. The number of carbonyl (C=O) groups is 1. The molecule has 166 valence electrons. The summed E-state index contributed by atoms with van der Waals surface area (Å²) in [5.74, 6) is 0.842. The summed E-state index contributed by atoms with van der Waals surface area (Å²) in [6.07, 6.45) is 3.39. The van der Waals surface area contributed by atoms with Crippen molar-refractivity contribution in [1.29, 1.82) is 0 Å². The number of benzene rings is 2. The van der Waals surface area contributed by atoms with Gasteiger partial charge in [0, 0.05) is 58.0 Å². The molecule has 2 aromatic carbocycles. The van der Waals surface area contributed by atoms with Crippen molar-refractivity contribution in [1.82, 2.24) is 9.80 Å². The number of piperazine rings is 1. The Balaban J connectivity index is 1.33. The van der Waals surface area contributed by atoms with E-state index in [1.54, 1.807) is 7.11 Å². The first kappa shape index (κ1) is 21.5. The van der Waals surface area contributed by atoms with Crippen LogP contribution in [0.15, 0.2) is 48.5 Å².